The van der Waals surface area contributed by atoms with Crippen LogP contribution in [0.25, 0.3) is 0 Å². The molecule has 116 valence electrons. The molecule has 3 aliphatic rings. The molecule has 0 aromatic carbocycles. The van der Waals surface area contributed by atoms with E-state index >= 15 is 0 Å². The van der Waals surface area contributed by atoms with E-state index in [4.69, 9.17) is 0 Å². The Hall–Kier alpha value is -0.820. The molecular weight excluding hydrogens is 256 g/mol. The third kappa shape index (κ3) is 2.16. The van der Waals surface area contributed by atoms with Gasteiger partial charge >= 0.3 is 0 Å². The van der Waals surface area contributed by atoms with Gasteiger partial charge < -0.3 is 5.11 Å². The van der Waals surface area contributed by atoms with Crippen LogP contribution >= 0.6 is 0 Å². The molecule has 1 nitrogen and oxygen atoms in total. The molecule has 1 saturated carbocycles. The molecule has 3 aliphatic carbocycles. The van der Waals surface area contributed by atoms with Crippen LogP contribution in [-0.2, 0) is 0 Å². The van der Waals surface area contributed by atoms with Crippen molar-refractivity contribution in [3.05, 3.63) is 34.9 Å². The van der Waals surface area contributed by atoms with E-state index in [0.29, 0.717) is 5.92 Å². The SMILES string of the molecule is C=C1CCC(O)C2(C)CCC3=C(C(C)C)CCC3(C)C=C12. The maximum absolute atomic E-state index is 10.6. The van der Waals surface area contributed by atoms with Gasteiger partial charge in [-0.05, 0) is 50.0 Å². The van der Waals surface area contributed by atoms with Crippen molar-refractivity contribution in [2.45, 2.75) is 72.3 Å². The molecule has 3 rings (SSSR count). The third-order valence-electron chi connectivity index (χ3n) is 6.50. The van der Waals surface area contributed by atoms with Gasteiger partial charge in [0.1, 0.15) is 0 Å². The Labute approximate surface area is 129 Å². The second-order valence-corrected chi connectivity index (χ2v) is 8.21. The van der Waals surface area contributed by atoms with Gasteiger partial charge in [0.2, 0.25) is 0 Å². The molecule has 1 fully saturated rings. The Bertz CT molecular complexity index is 536. The fourth-order valence-electron chi connectivity index (χ4n) is 4.92. The average molecular weight is 286 g/mol. The van der Waals surface area contributed by atoms with E-state index in [1.807, 2.05) is 0 Å². The minimum atomic E-state index is -0.209. The van der Waals surface area contributed by atoms with Crippen LogP contribution in [-0.4, -0.2) is 11.2 Å². The molecule has 0 aromatic rings. The second-order valence-electron chi connectivity index (χ2n) is 8.21. The second kappa shape index (κ2) is 4.84. The summed E-state index contributed by atoms with van der Waals surface area (Å²) in [5.41, 5.74) is 6.09. The predicted octanol–water partition coefficient (Wildman–Crippen LogP) is 5.18. The fraction of sp³-hybridized carbons (Fsp3) is 0.700. The summed E-state index contributed by atoms with van der Waals surface area (Å²) in [6.45, 7) is 13.6. The molecular formula is C20H30O. The van der Waals surface area contributed by atoms with Crippen molar-refractivity contribution in [1.82, 2.24) is 0 Å². The molecule has 1 heteroatoms. The number of allylic oxidation sites excluding steroid dienone is 4. The summed E-state index contributed by atoms with van der Waals surface area (Å²) in [7, 11) is 0. The van der Waals surface area contributed by atoms with Gasteiger partial charge in [0.05, 0.1) is 6.10 Å². The molecule has 0 aliphatic heterocycles. The highest BCUT2D eigenvalue weighted by Crippen LogP contribution is 2.57. The van der Waals surface area contributed by atoms with Gasteiger partial charge in [-0.15, -0.1) is 0 Å². The van der Waals surface area contributed by atoms with Crippen molar-refractivity contribution in [3.8, 4) is 0 Å². The lowest BCUT2D eigenvalue weighted by Crippen LogP contribution is -2.38. The number of aliphatic hydroxyl groups is 1. The molecule has 3 atom stereocenters. The Morgan fingerprint density at radius 1 is 1.19 bits per heavy atom. The predicted molar refractivity (Wildman–Crippen MR) is 89.0 cm³/mol. The van der Waals surface area contributed by atoms with E-state index in [0.717, 1.165) is 25.7 Å². The maximum Gasteiger partial charge on any atom is 0.0637 e. The summed E-state index contributed by atoms with van der Waals surface area (Å²) in [6, 6.07) is 0. The smallest absolute Gasteiger partial charge is 0.0637 e. The van der Waals surface area contributed by atoms with Crippen LogP contribution in [0.3, 0.4) is 0 Å². The van der Waals surface area contributed by atoms with Crippen molar-refractivity contribution in [2.24, 2.45) is 16.7 Å². The number of rotatable bonds is 1. The van der Waals surface area contributed by atoms with E-state index in [1.54, 1.807) is 11.1 Å². The van der Waals surface area contributed by atoms with Gasteiger partial charge in [0.15, 0.2) is 0 Å². The van der Waals surface area contributed by atoms with Crippen LogP contribution in [0.15, 0.2) is 34.9 Å². The van der Waals surface area contributed by atoms with Gasteiger partial charge in [-0.25, -0.2) is 0 Å². The van der Waals surface area contributed by atoms with E-state index in [1.165, 1.54) is 24.0 Å². The minimum absolute atomic E-state index is 0.0855. The molecule has 0 spiro atoms. The molecule has 0 radical (unpaired) electrons. The molecule has 3 unspecified atom stereocenters. The molecule has 0 bridgehead atoms. The van der Waals surface area contributed by atoms with Crippen LogP contribution in [0.5, 0.6) is 0 Å². The number of hydrogen-bond acceptors (Lipinski definition) is 1. The minimum Gasteiger partial charge on any atom is -0.392 e. The fourth-order valence-corrected chi connectivity index (χ4v) is 4.92. The van der Waals surface area contributed by atoms with Crippen LogP contribution in [0, 0.1) is 16.7 Å². The van der Waals surface area contributed by atoms with Crippen molar-refractivity contribution in [2.75, 3.05) is 0 Å². The molecule has 0 aromatic heterocycles. The van der Waals surface area contributed by atoms with Crippen molar-refractivity contribution >= 4 is 0 Å². The number of aliphatic hydroxyl groups excluding tert-OH is 1. The Morgan fingerprint density at radius 2 is 1.90 bits per heavy atom. The lowest BCUT2D eigenvalue weighted by atomic mass is 9.65. The molecule has 1 N–H and O–H groups in total. The zero-order valence-electron chi connectivity index (χ0n) is 14.1. The highest BCUT2D eigenvalue weighted by Gasteiger charge is 2.47. The Kier molecular flexibility index (Phi) is 3.48. The monoisotopic (exact) mass is 286 g/mol. The first-order valence-electron chi connectivity index (χ1n) is 8.60. The zero-order chi connectivity index (χ0) is 15.4. The standard InChI is InChI=1S/C20H30O/c1-13(2)15-8-10-19(4)12-17-14(3)6-7-18(21)20(17,5)11-9-16(15)19/h12-13,18,21H,3,6-11H2,1-2,4-5H3. The Balaban J connectivity index is 2.12. The number of hydrogen-bond donors (Lipinski definition) is 1. The van der Waals surface area contributed by atoms with Crippen LogP contribution in [0.2, 0.25) is 0 Å². The van der Waals surface area contributed by atoms with Gasteiger partial charge in [0.25, 0.3) is 0 Å². The zero-order valence-corrected chi connectivity index (χ0v) is 14.1. The van der Waals surface area contributed by atoms with Gasteiger partial charge in [-0.1, -0.05) is 57.1 Å². The summed E-state index contributed by atoms with van der Waals surface area (Å²) >= 11 is 0. The van der Waals surface area contributed by atoms with Gasteiger partial charge in [-0.2, -0.15) is 0 Å². The summed E-state index contributed by atoms with van der Waals surface area (Å²) in [4.78, 5) is 0. The molecule has 0 heterocycles. The van der Waals surface area contributed by atoms with E-state index < -0.39 is 0 Å². The van der Waals surface area contributed by atoms with Crippen molar-refractivity contribution in [1.29, 1.82) is 0 Å². The van der Waals surface area contributed by atoms with E-state index in [-0.39, 0.29) is 16.9 Å². The average Bonchev–Trinajstić information content (AvgIpc) is 2.69. The lowest BCUT2D eigenvalue weighted by molar-refractivity contribution is 0.0419. The maximum atomic E-state index is 10.6. The first-order chi connectivity index (χ1) is 9.78. The van der Waals surface area contributed by atoms with Gasteiger partial charge in [0, 0.05) is 10.8 Å². The third-order valence-corrected chi connectivity index (χ3v) is 6.50. The van der Waals surface area contributed by atoms with Crippen molar-refractivity contribution < 1.29 is 5.11 Å². The van der Waals surface area contributed by atoms with E-state index in [9.17, 15) is 5.11 Å². The first kappa shape index (κ1) is 15.1. The summed E-state index contributed by atoms with van der Waals surface area (Å²) in [5, 5.41) is 10.6. The first-order valence-corrected chi connectivity index (χ1v) is 8.60. The normalized spacial score (nSPS) is 40.0. The van der Waals surface area contributed by atoms with Gasteiger partial charge in [-0.3, -0.25) is 0 Å². The summed E-state index contributed by atoms with van der Waals surface area (Å²) < 4.78 is 0. The van der Waals surface area contributed by atoms with Crippen LogP contribution < -0.4 is 0 Å². The van der Waals surface area contributed by atoms with E-state index in [2.05, 4.69) is 40.3 Å². The van der Waals surface area contributed by atoms with Crippen LogP contribution in [0.4, 0.5) is 0 Å². The summed E-state index contributed by atoms with van der Waals surface area (Å²) in [6.07, 6.45) is 8.81. The largest absolute Gasteiger partial charge is 0.392 e. The van der Waals surface area contributed by atoms with Crippen LogP contribution in [0.1, 0.15) is 66.2 Å². The van der Waals surface area contributed by atoms with Crippen molar-refractivity contribution in [3.63, 3.8) is 0 Å². The highest BCUT2D eigenvalue weighted by atomic mass is 16.3. The lowest BCUT2D eigenvalue weighted by Gasteiger charge is -2.42. The molecule has 0 amide bonds. The molecule has 21 heavy (non-hydrogen) atoms. The summed E-state index contributed by atoms with van der Waals surface area (Å²) in [5.74, 6) is 0.654. The highest BCUT2D eigenvalue weighted by molar-refractivity contribution is 5.46. The Morgan fingerprint density at radius 3 is 2.57 bits per heavy atom. The quantitative estimate of drug-likeness (QED) is 0.659. The molecule has 0 saturated heterocycles. The topological polar surface area (TPSA) is 20.2 Å². The number of fused-ring (bicyclic) bond motifs is 2.